The third-order valence-electron chi connectivity index (χ3n) is 8.96. The van der Waals surface area contributed by atoms with Crippen molar-refractivity contribution in [2.24, 2.45) is 5.11 Å². The number of hydrazine groups is 1. The van der Waals surface area contributed by atoms with Gasteiger partial charge in [0.05, 0.1) is 43.0 Å². The van der Waals surface area contributed by atoms with Crippen molar-refractivity contribution in [3.63, 3.8) is 0 Å². The Bertz CT molecular complexity index is 2330. The van der Waals surface area contributed by atoms with E-state index in [0.29, 0.717) is 55.5 Å². The number of rotatable bonds is 18. The van der Waals surface area contributed by atoms with Crippen LogP contribution in [0.3, 0.4) is 0 Å². The van der Waals surface area contributed by atoms with Crippen molar-refractivity contribution < 1.29 is 37.8 Å². The largest absolute Gasteiger partial charge is 0.624 e. The molecule has 0 spiro atoms. The fourth-order valence-corrected chi connectivity index (χ4v) is 6.78. The fourth-order valence-electron chi connectivity index (χ4n) is 6.42. The van der Waals surface area contributed by atoms with Crippen molar-refractivity contribution in [3.05, 3.63) is 114 Å². The fraction of sp³-hybridized carbons (Fsp3) is 0.333. The van der Waals surface area contributed by atoms with Crippen LogP contribution >= 0.6 is 0 Å². The van der Waals surface area contributed by atoms with Crippen molar-refractivity contribution in [3.8, 4) is 28.5 Å². The SMILES string of the molecule is CCOc1nc2cccc(C(=O)OC(C)OC(=O)OCCC(CCON[N+]([Si])=NC(C)(C)C)c3ccccc3)c2n1Cc1ccc(-c2ccccc2-c2nn[nH]n2)cc1. The molecule has 0 aliphatic carbocycles. The van der Waals surface area contributed by atoms with E-state index >= 15 is 0 Å². The molecule has 59 heavy (non-hydrogen) atoms. The Labute approximate surface area is 345 Å². The second-order valence-corrected chi connectivity index (χ2v) is 14.9. The van der Waals surface area contributed by atoms with Gasteiger partial charge in [-0.3, -0.25) is 4.57 Å². The number of benzene rings is 4. The maximum atomic E-state index is 13.7. The molecular weight excluding hydrogens is 771 g/mol. The van der Waals surface area contributed by atoms with Gasteiger partial charge < -0.3 is 18.9 Å². The van der Waals surface area contributed by atoms with Gasteiger partial charge in [-0.25, -0.2) is 14.4 Å². The van der Waals surface area contributed by atoms with Crippen molar-refractivity contribution in [2.75, 3.05) is 19.8 Å². The Morgan fingerprint density at radius 1 is 0.915 bits per heavy atom. The lowest BCUT2D eigenvalue weighted by Crippen LogP contribution is -2.30. The maximum absolute atomic E-state index is 13.7. The number of carbonyl (C=O) groups excluding carboxylic acids is 2. The average molecular weight is 818 g/mol. The highest BCUT2D eigenvalue weighted by Gasteiger charge is 2.24. The van der Waals surface area contributed by atoms with Crippen molar-refractivity contribution >= 4 is 33.6 Å². The third-order valence-corrected chi connectivity index (χ3v) is 9.15. The first kappa shape index (κ1) is 42.2. The third kappa shape index (κ3) is 11.6. The standard InChI is InChI=1S/C42H47N9O7Si/c1-6-54-40-43-36-18-12-17-35(37(36)50(40)27-29-19-21-32(22-20-29)33-15-10-11-16-34(33)38-44-47-48-45-38)39(52)57-28(2)58-41(53)55-25-23-31(30-13-8-7-9-14-30)24-26-56-49-51(59)46-42(3,4)5/h7-22,28,31H,6,23-27H2,1-5H3,(H,46,49)(H,44,45,47,48)/q+1. The zero-order valence-electron chi connectivity index (χ0n) is 33.6. The van der Waals surface area contributed by atoms with Gasteiger partial charge in [0, 0.05) is 12.5 Å². The number of imidazole rings is 1. The number of hydrogen-bond acceptors (Lipinski definition) is 12. The van der Waals surface area contributed by atoms with E-state index < -0.39 is 18.4 Å². The molecule has 0 saturated heterocycles. The number of nitrogens with one attached hydrogen (secondary N) is 2. The van der Waals surface area contributed by atoms with Gasteiger partial charge in [-0.05, 0) is 91.2 Å². The molecule has 6 rings (SSSR count). The van der Waals surface area contributed by atoms with Crippen LogP contribution in [0.1, 0.15) is 74.9 Å². The lowest BCUT2D eigenvalue weighted by Gasteiger charge is -2.18. The Morgan fingerprint density at radius 3 is 2.36 bits per heavy atom. The summed E-state index contributed by atoms with van der Waals surface area (Å²) in [7, 11) is 3.35. The summed E-state index contributed by atoms with van der Waals surface area (Å²) in [6.45, 7) is 10.3. The van der Waals surface area contributed by atoms with Gasteiger partial charge in [0.2, 0.25) is 12.1 Å². The molecule has 0 fully saturated rings. The van der Waals surface area contributed by atoms with Gasteiger partial charge >= 0.3 is 22.5 Å². The first-order valence-electron chi connectivity index (χ1n) is 19.2. The number of aromatic nitrogens is 6. The van der Waals surface area contributed by atoms with E-state index in [4.69, 9.17) is 23.8 Å². The van der Waals surface area contributed by atoms with Crippen LogP contribution in [0.4, 0.5) is 4.79 Å². The highest BCUT2D eigenvalue weighted by Crippen LogP contribution is 2.31. The predicted octanol–water partition coefficient (Wildman–Crippen LogP) is 7.33. The van der Waals surface area contributed by atoms with E-state index in [1.54, 1.807) is 18.2 Å². The molecule has 6 aromatic rings. The minimum Gasteiger partial charge on any atom is -0.465 e. The summed E-state index contributed by atoms with van der Waals surface area (Å²) in [6.07, 6.45) is -1.07. The second-order valence-electron chi connectivity index (χ2n) is 14.5. The topological polar surface area (TPSA) is 180 Å². The Balaban J connectivity index is 1.08. The minimum atomic E-state index is -1.24. The number of tetrazole rings is 1. The van der Waals surface area contributed by atoms with Crippen molar-refractivity contribution in [1.29, 1.82) is 0 Å². The zero-order valence-corrected chi connectivity index (χ0v) is 34.6. The van der Waals surface area contributed by atoms with E-state index in [1.165, 1.54) is 11.4 Å². The smallest absolute Gasteiger partial charge is 0.465 e. The molecule has 2 atom stereocenters. The van der Waals surface area contributed by atoms with E-state index in [1.807, 2.05) is 111 Å². The number of hydrogen-bond donors (Lipinski definition) is 2. The first-order chi connectivity index (χ1) is 28.5. The van der Waals surface area contributed by atoms with Crippen LogP contribution in [0.25, 0.3) is 33.5 Å². The van der Waals surface area contributed by atoms with Gasteiger partial charge in [-0.1, -0.05) is 95.0 Å². The molecule has 305 valence electrons. The van der Waals surface area contributed by atoms with Crippen LogP contribution in [0.2, 0.25) is 0 Å². The summed E-state index contributed by atoms with van der Waals surface area (Å²) in [4.78, 5) is 36.7. The molecule has 2 heterocycles. The molecule has 2 N–H and O–H groups in total. The lowest BCUT2D eigenvalue weighted by atomic mass is 9.93. The summed E-state index contributed by atoms with van der Waals surface area (Å²) in [6, 6.07) is 31.2. The Morgan fingerprint density at radius 2 is 1.64 bits per heavy atom. The number of esters is 1. The number of para-hydroxylation sites is 1. The van der Waals surface area contributed by atoms with Gasteiger partial charge in [0.1, 0.15) is 5.54 Å². The molecule has 0 aliphatic rings. The van der Waals surface area contributed by atoms with Crippen LogP contribution in [0, 0.1) is 0 Å². The van der Waals surface area contributed by atoms with Gasteiger partial charge in [0.25, 0.3) is 6.01 Å². The molecule has 0 saturated carbocycles. The summed E-state index contributed by atoms with van der Waals surface area (Å²) in [5.41, 5.74) is 8.49. The van der Waals surface area contributed by atoms with Gasteiger partial charge in [-0.2, -0.15) is 10.2 Å². The molecule has 2 aromatic heterocycles. The summed E-state index contributed by atoms with van der Waals surface area (Å²) >= 11 is 0. The van der Waals surface area contributed by atoms with Gasteiger partial charge in [0.15, 0.2) is 0 Å². The average Bonchev–Trinajstić information content (AvgIpc) is 3.87. The number of fused-ring (bicyclic) bond motifs is 1. The Hall–Kier alpha value is -6.46. The summed E-state index contributed by atoms with van der Waals surface area (Å²) < 4.78 is 25.5. The monoisotopic (exact) mass is 817 g/mol. The summed E-state index contributed by atoms with van der Waals surface area (Å²) in [5, 5.41) is 18.9. The summed E-state index contributed by atoms with van der Waals surface area (Å²) in [5.74, 6) is -0.182. The van der Waals surface area contributed by atoms with Gasteiger partial charge in [-0.15, -0.1) is 10.2 Å². The van der Waals surface area contributed by atoms with Crippen LogP contribution in [-0.2, 0) is 25.6 Å². The van der Waals surface area contributed by atoms with E-state index in [0.717, 1.165) is 27.8 Å². The highest BCUT2D eigenvalue weighted by molar-refractivity contribution is 6.02. The molecule has 0 aliphatic heterocycles. The number of carbonyl (C=O) groups is 2. The van der Waals surface area contributed by atoms with Crippen LogP contribution in [0.5, 0.6) is 6.01 Å². The lowest BCUT2D eigenvalue weighted by molar-refractivity contribution is -0.587. The quantitative estimate of drug-likeness (QED) is 0.0221. The predicted molar refractivity (Wildman–Crippen MR) is 218 cm³/mol. The number of H-pyrrole nitrogens is 1. The van der Waals surface area contributed by atoms with Crippen LogP contribution in [-0.4, -0.2) is 88.8 Å². The zero-order chi connectivity index (χ0) is 41.8. The van der Waals surface area contributed by atoms with Crippen LogP contribution < -0.4 is 10.3 Å². The first-order valence-corrected chi connectivity index (χ1v) is 19.7. The highest BCUT2D eigenvalue weighted by atomic mass is 28.2. The van der Waals surface area contributed by atoms with Crippen molar-refractivity contribution in [1.82, 2.24) is 35.8 Å². The molecule has 0 bridgehead atoms. The normalized spacial score (nSPS) is 12.8. The number of ether oxygens (including phenoxy) is 4. The molecule has 3 radical (unpaired) electrons. The number of nitrogens with zero attached hydrogens (tertiary/aromatic N) is 7. The van der Waals surface area contributed by atoms with Crippen LogP contribution in [0.15, 0.2) is 102 Å². The molecule has 4 aromatic carbocycles. The van der Waals surface area contributed by atoms with E-state index in [2.05, 4.69) is 46.7 Å². The number of aromatic amines is 1. The molecular formula is C42H47N9O7Si+. The Kier molecular flexibility index (Phi) is 14.1. The molecule has 17 heteroatoms. The molecule has 0 amide bonds. The molecule has 2 unspecified atom stereocenters. The second kappa shape index (κ2) is 19.8. The maximum Gasteiger partial charge on any atom is 0.624 e. The van der Waals surface area contributed by atoms with E-state index in [-0.39, 0.29) is 23.6 Å². The minimum absolute atomic E-state index is 0.0214. The van der Waals surface area contributed by atoms with Crippen molar-refractivity contribution in [2.45, 2.75) is 71.8 Å². The molecule has 16 nitrogen and oxygen atoms in total. The van der Waals surface area contributed by atoms with E-state index in [9.17, 15) is 9.59 Å².